The molecule has 0 aromatic heterocycles. The van der Waals surface area contributed by atoms with Crippen molar-refractivity contribution >= 4 is 34.0 Å². The first-order valence-corrected chi connectivity index (χ1v) is 6.50. The first kappa shape index (κ1) is 14.2. The third-order valence-electron chi connectivity index (χ3n) is 2.83. The number of hydrogen-bond donors (Lipinski definition) is 1. The third kappa shape index (κ3) is 3.83. The summed E-state index contributed by atoms with van der Waals surface area (Å²) in [6.07, 6.45) is 0. The van der Waals surface area contributed by atoms with Gasteiger partial charge in [-0.1, -0.05) is 20.8 Å². The number of rotatable bonds is 3. The molecule has 1 N–H and O–H groups in total. The Bertz CT molecular complexity index is 427. The van der Waals surface area contributed by atoms with Crippen molar-refractivity contribution in [1.29, 1.82) is 0 Å². The molecule has 1 aromatic rings. The van der Waals surface area contributed by atoms with Crippen molar-refractivity contribution in [3.05, 3.63) is 31.9 Å². The molecule has 5 heteroatoms. The minimum absolute atomic E-state index is 0.0524. The maximum absolute atomic E-state index is 11.0. The number of halogens is 1. The van der Waals surface area contributed by atoms with Crippen LogP contribution < -0.4 is 5.32 Å². The van der Waals surface area contributed by atoms with Gasteiger partial charge in [0.05, 0.1) is 4.92 Å². The van der Waals surface area contributed by atoms with Gasteiger partial charge in [-0.05, 0) is 47.1 Å². The second-order valence-corrected chi connectivity index (χ2v) is 6.40. The van der Waals surface area contributed by atoms with Crippen molar-refractivity contribution in [1.82, 2.24) is 0 Å². The Hall–Kier alpha value is -0.850. The summed E-state index contributed by atoms with van der Waals surface area (Å²) in [7, 11) is 0. The Balaban J connectivity index is 3.03. The summed E-state index contributed by atoms with van der Waals surface area (Å²) >= 11 is 2.07. The lowest BCUT2D eigenvalue weighted by atomic mass is 9.88. The summed E-state index contributed by atoms with van der Waals surface area (Å²) in [4.78, 5) is 10.6. The molecule has 0 amide bonds. The fourth-order valence-electron chi connectivity index (χ4n) is 1.23. The zero-order chi connectivity index (χ0) is 13.2. The van der Waals surface area contributed by atoms with Gasteiger partial charge in [-0.25, -0.2) is 0 Å². The summed E-state index contributed by atoms with van der Waals surface area (Å²) < 4.78 is 0.864. The summed E-state index contributed by atoms with van der Waals surface area (Å²) in [6.45, 7) is 8.33. The molecule has 1 rings (SSSR count). The topological polar surface area (TPSA) is 55.2 Å². The predicted molar refractivity (Wildman–Crippen MR) is 78.4 cm³/mol. The second kappa shape index (κ2) is 5.20. The standard InChI is InChI=1S/C12H17IN2O2/c1-8(12(2,3)4)14-10-6-5-9(13)7-11(10)15(16)17/h5-8,14H,1-4H3. The van der Waals surface area contributed by atoms with Crippen LogP contribution in [0, 0.1) is 19.1 Å². The zero-order valence-electron chi connectivity index (χ0n) is 10.5. The van der Waals surface area contributed by atoms with Crippen LogP contribution in [-0.4, -0.2) is 11.0 Å². The number of nitro benzene ring substituents is 1. The highest BCUT2D eigenvalue weighted by atomic mass is 127. The Morgan fingerprint density at radius 2 is 2.00 bits per heavy atom. The number of nitrogens with one attached hydrogen (secondary N) is 1. The van der Waals surface area contributed by atoms with Crippen molar-refractivity contribution in [2.24, 2.45) is 5.41 Å². The maximum Gasteiger partial charge on any atom is 0.293 e. The van der Waals surface area contributed by atoms with Crippen LogP contribution in [0.15, 0.2) is 18.2 Å². The van der Waals surface area contributed by atoms with Gasteiger partial charge < -0.3 is 5.32 Å². The molecule has 0 bridgehead atoms. The molecule has 0 fully saturated rings. The van der Waals surface area contributed by atoms with Gasteiger partial charge in [0.15, 0.2) is 0 Å². The van der Waals surface area contributed by atoms with E-state index in [1.807, 2.05) is 13.0 Å². The van der Waals surface area contributed by atoms with Gasteiger partial charge >= 0.3 is 0 Å². The molecule has 0 saturated heterocycles. The van der Waals surface area contributed by atoms with Gasteiger partial charge in [0.1, 0.15) is 5.69 Å². The largest absolute Gasteiger partial charge is 0.377 e. The summed E-state index contributed by atoms with van der Waals surface area (Å²) in [5.41, 5.74) is 0.766. The lowest BCUT2D eigenvalue weighted by Crippen LogP contribution is -2.31. The SMILES string of the molecule is CC(Nc1ccc(I)cc1[N+](=O)[O-])C(C)(C)C. The Kier molecular flexibility index (Phi) is 4.35. The van der Waals surface area contributed by atoms with E-state index < -0.39 is 0 Å². The molecule has 0 aliphatic heterocycles. The van der Waals surface area contributed by atoms with E-state index in [4.69, 9.17) is 0 Å². The average molecular weight is 348 g/mol. The van der Waals surface area contributed by atoms with E-state index in [0.29, 0.717) is 5.69 Å². The molecule has 0 heterocycles. The molecule has 94 valence electrons. The fourth-order valence-corrected chi connectivity index (χ4v) is 1.70. The van der Waals surface area contributed by atoms with E-state index in [1.165, 1.54) is 0 Å². The minimum atomic E-state index is -0.347. The van der Waals surface area contributed by atoms with Gasteiger partial charge in [-0.2, -0.15) is 0 Å². The van der Waals surface area contributed by atoms with Crippen LogP contribution in [0.4, 0.5) is 11.4 Å². The molecule has 0 aliphatic carbocycles. The second-order valence-electron chi connectivity index (χ2n) is 5.15. The van der Waals surface area contributed by atoms with Gasteiger partial charge in [-0.15, -0.1) is 0 Å². The Labute approximate surface area is 115 Å². The molecular formula is C12H17IN2O2. The number of benzene rings is 1. The van der Waals surface area contributed by atoms with E-state index in [-0.39, 0.29) is 22.1 Å². The molecule has 1 atom stereocenters. The van der Waals surface area contributed by atoms with Crippen molar-refractivity contribution in [3.63, 3.8) is 0 Å². The van der Waals surface area contributed by atoms with Crippen molar-refractivity contribution < 1.29 is 4.92 Å². The van der Waals surface area contributed by atoms with Crippen LogP contribution in [0.25, 0.3) is 0 Å². The molecule has 1 aromatic carbocycles. The lowest BCUT2D eigenvalue weighted by molar-refractivity contribution is -0.384. The minimum Gasteiger partial charge on any atom is -0.377 e. The third-order valence-corrected chi connectivity index (χ3v) is 3.50. The molecule has 4 nitrogen and oxygen atoms in total. The van der Waals surface area contributed by atoms with Gasteiger partial charge in [0.2, 0.25) is 0 Å². The summed E-state index contributed by atoms with van der Waals surface area (Å²) in [5.74, 6) is 0. The molecule has 0 radical (unpaired) electrons. The summed E-state index contributed by atoms with van der Waals surface area (Å²) in [6, 6.07) is 5.37. The normalized spacial score (nSPS) is 13.2. The smallest absolute Gasteiger partial charge is 0.293 e. The van der Waals surface area contributed by atoms with Crippen LogP contribution in [-0.2, 0) is 0 Å². The van der Waals surface area contributed by atoms with Gasteiger partial charge in [-0.3, -0.25) is 10.1 Å². The number of nitro groups is 1. The van der Waals surface area contributed by atoms with Crippen molar-refractivity contribution in [3.8, 4) is 0 Å². The highest BCUT2D eigenvalue weighted by Gasteiger charge is 2.23. The van der Waals surface area contributed by atoms with Crippen LogP contribution in [0.5, 0.6) is 0 Å². The van der Waals surface area contributed by atoms with Crippen LogP contribution in [0.1, 0.15) is 27.7 Å². The van der Waals surface area contributed by atoms with Crippen LogP contribution >= 0.6 is 22.6 Å². The highest BCUT2D eigenvalue weighted by molar-refractivity contribution is 14.1. The fraction of sp³-hybridized carbons (Fsp3) is 0.500. The van der Waals surface area contributed by atoms with E-state index in [9.17, 15) is 10.1 Å². The molecule has 1 unspecified atom stereocenters. The van der Waals surface area contributed by atoms with Gasteiger partial charge in [0.25, 0.3) is 5.69 Å². The predicted octanol–water partition coefficient (Wildman–Crippen LogP) is 4.05. The molecule has 0 saturated carbocycles. The number of nitrogens with zero attached hydrogens (tertiary/aromatic N) is 1. The van der Waals surface area contributed by atoms with Crippen LogP contribution in [0.2, 0.25) is 0 Å². The van der Waals surface area contributed by atoms with Crippen LogP contribution in [0.3, 0.4) is 0 Å². The molecule has 0 spiro atoms. The first-order chi connectivity index (χ1) is 7.71. The zero-order valence-corrected chi connectivity index (χ0v) is 12.6. The van der Waals surface area contributed by atoms with E-state index in [2.05, 4.69) is 48.7 Å². The highest BCUT2D eigenvalue weighted by Crippen LogP contribution is 2.30. The Morgan fingerprint density at radius 3 is 2.47 bits per heavy atom. The van der Waals surface area contributed by atoms with Crippen molar-refractivity contribution in [2.75, 3.05) is 5.32 Å². The lowest BCUT2D eigenvalue weighted by Gasteiger charge is -2.28. The number of hydrogen-bond acceptors (Lipinski definition) is 3. The van der Waals surface area contributed by atoms with E-state index in [0.717, 1.165) is 3.57 Å². The monoisotopic (exact) mass is 348 g/mol. The first-order valence-electron chi connectivity index (χ1n) is 5.42. The average Bonchev–Trinajstić information content (AvgIpc) is 2.18. The van der Waals surface area contributed by atoms with Gasteiger partial charge in [0, 0.05) is 15.7 Å². The quantitative estimate of drug-likeness (QED) is 0.509. The molecular weight excluding hydrogens is 331 g/mol. The molecule has 0 aliphatic rings. The number of anilines is 1. The van der Waals surface area contributed by atoms with Crippen molar-refractivity contribution in [2.45, 2.75) is 33.7 Å². The van der Waals surface area contributed by atoms with E-state index in [1.54, 1.807) is 12.1 Å². The maximum atomic E-state index is 11.0. The summed E-state index contributed by atoms with van der Waals surface area (Å²) in [5, 5.41) is 14.2. The van der Waals surface area contributed by atoms with E-state index >= 15 is 0 Å². The molecule has 17 heavy (non-hydrogen) atoms. The Morgan fingerprint density at radius 1 is 1.41 bits per heavy atom.